The van der Waals surface area contributed by atoms with Gasteiger partial charge in [0.15, 0.2) is 0 Å². The third-order valence-corrected chi connectivity index (χ3v) is 4.13. The van der Waals surface area contributed by atoms with E-state index in [1.54, 1.807) is 7.11 Å². The highest BCUT2D eigenvalue weighted by atomic mass is 16.5. The molecular formula is C16H26N2O. The standard InChI is InChI=1S/C16H26N2O/c1-19-16-4-2-3-15(13-16)8-12-18-10-6-14(5-9-17)7-11-18/h2-4,13-14H,5-12,17H2,1H3. The second kappa shape index (κ2) is 7.51. The third-order valence-electron chi connectivity index (χ3n) is 4.13. The average molecular weight is 262 g/mol. The van der Waals surface area contributed by atoms with Crippen molar-refractivity contribution in [2.45, 2.75) is 25.7 Å². The summed E-state index contributed by atoms with van der Waals surface area (Å²) < 4.78 is 5.26. The topological polar surface area (TPSA) is 38.5 Å². The Morgan fingerprint density at radius 1 is 1.32 bits per heavy atom. The maximum absolute atomic E-state index is 5.63. The van der Waals surface area contributed by atoms with Crippen LogP contribution in [0.4, 0.5) is 0 Å². The van der Waals surface area contributed by atoms with Gasteiger partial charge >= 0.3 is 0 Å². The van der Waals surface area contributed by atoms with Crippen LogP contribution in [0.3, 0.4) is 0 Å². The van der Waals surface area contributed by atoms with E-state index in [2.05, 4.69) is 23.1 Å². The lowest BCUT2D eigenvalue weighted by atomic mass is 9.93. The number of hydrogen-bond acceptors (Lipinski definition) is 3. The smallest absolute Gasteiger partial charge is 0.119 e. The summed E-state index contributed by atoms with van der Waals surface area (Å²) in [7, 11) is 1.72. The van der Waals surface area contributed by atoms with Gasteiger partial charge in [-0.05, 0) is 68.9 Å². The van der Waals surface area contributed by atoms with Crippen molar-refractivity contribution in [3.05, 3.63) is 29.8 Å². The summed E-state index contributed by atoms with van der Waals surface area (Å²) >= 11 is 0. The number of nitrogens with two attached hydrogens (primary N) is 1. The minimum Gasteiger partial charge on any atom is -0.497 e. The Kier molecular flexibility index (Phi) is 5.67. The van der Waals surface area contributed by atoms with E-state index < -0.39 is 0 Å². The van der Waals surface area contributed by atoms with Gasteiger partial charge in [0.05, 0.1) is 7.11 Å². The van der Waals surface area contributed by atoms with Crippen LogP contribution in [0, 0.1) is 5.92 Å². The Balaban J connectivity index is 1.74. The lowest BCUT2D eigenvalue weighted by molar-refractivity contribution is 0.182. The van der Waals surface area contributed by atoms with Gasteiger partial charge in [-0.3, -0.25) is 0 Å². The molecule has 2 N–H and O–H groups in total. The molecule has 1 aliphatic heterocycles. The fourth-order valence-electron chi connectivity index (χ4n) is 2.85. The van der Waals surface area contributed by atoms with Crippen LogP contribution in [0.2, 0.25) is 0 Å². The lowest BCUT2D eigenvalue weighted by Crippen LogP contribution is -2.35. The van der Waals surface area contributed by atoms with Crippen LogP contribution >= 0.6 is 0 Å². The van der Waals surface area contributed by atoms with Crippen LogP contribution in [-0.2, 0) is 6.42 Å². The van der Waals surface area contributed by atoms with E-state index in [1.807, 2.05) is 6.07 Å². The molecule has 0 unspecified atom stereocenters. The second-order valence-corrected chi connectivity index (χ2v) is 5.46. The van der Waals surface area contributed by atoms with Gasteiger partial charge in [0.2, 0.25) is 0 Å². The van der Waals surface area contributed by atoms with Gasteiger partial charge in [-0.1, -0.05) is 12.1 Å². The summed E-state index contributed by atoms with van der Waals surface area (Å²) in [5, 5.41) is 0. The Morgan fingerprint density at radius 3 is 2.79 bits per heavy atom. The van der Waals surface area contributed by atoms with Gasteiger partial charge in [-0.15, -0.1) is 0 Å². The molecule has 0 saturated carbocycles. The largest absolute Gasteiger partial charge is 0.497 e. The van der Waals surface area contributed by atoms with Crippen molar-refractivity contribution in [3.63, 3.8) is 0 Å². The molecule has 0 aliphatic carbocycles. The molecular weight excluding hydrogens is 236 g/mol. The predicted octanol–water partition coefficient (Wildman–Crippen LogP) is 2.30. The van der Waals surface area contributed by atoms with Gasteiger partial charge in [0.1, 0.15) is 5.75 Å². The molecule has 0 bridgehead atoms. The number of nitrogens with zero attached hydrogens (tertiary/aromatic N) is 1. The monoisotopic (exact) mass is 262 g/mol. The van der Waals surface area contributed by atoms with Gasteiger partial charge in [0, 0.05) is 6.54 Å². The van der Waals surface area contributed by atoms with Crippen LogP contribution in [-0.4, -0.2) is 38.2 Å². The summed E-state index contributed by atoms with van der Waals surface area (Å²) in [5.41, 5.74) is 6.99. The van der Waals surface area contributed by atoms with E-state index in [4.69, 9.17) is 10.5 Å². The predicted molar refractivity (Wildman–Crippen MR) is 79.5 cm³/mol. The molecule has 1 heterocycles. The Bertz CT molecular complexity index is 373. The van der Waals surface area contributed by atoms with Gasteiger partial charge in [0.25, 0.3) is 0 Å². The first-order chi connectivity index (χ1) is 9.31. The molecule has 19 heavy (non-hydrogen) atoms. The van der Waals surface area contributed by atoms with E-state index in [1.165, 1.54) is 37.9 Å². The molecule has 3 heteroatoms. The van der Waals surface area contributed by atoms with E-state index in [-0.39, 0.29) is 0 Å². The molecule has 2 rings (SSSR count). The van der Waals surface area contributed by atoms with Crippen molar-refractivity contribution in [2.75, 3.05) is 33.3 Å². The second-order valence-electron chi connectivity index (χ2n) is 5.46. The first-order valence-corrected chi connectivity index (χ1v) is 7.37. The van der Waals surface area contributed by atoms with Crippen molar-refractivity contribution < 1.29 is 4.74 Å². The van der Waals surface area contributed by atoms with Gasteiger partial charge in [-0.25, -0.2) is 0 Å². The van der Waals surface area contributed by atoms with Crippen molar-refractivity contribution in [1.29, 1.82) is 0 Å². The average Bonchev–Trinajstić information content (AvgIpc) is 2.47. The highest BCUT2D eigenvalue weighted by Crippen LogP contribution is 2.20. The number of hydrogen-bond donors (Lipinski definition) is 1. The Hall–Kier alpha value is -1.06. The highest BCUT2D eigenvalue weighted by Gasteiger charge is 2.17. The molecule has 3 nitrogen and oxygen atoms in total. The van der Waals surface area contributed by atoms with Gasteiger partial charge < -0.3 is 15.4 Å². The zero-order valence-corrected chi connectivity index (χ0v) is 12.0. The van der Waals surface area contributed by atoms with E-state index in [0.29, 0.717) is 0 Å². The molecule has 1 fully saturated rings. The number of benzene rings is 1. The number of rotatable bonds is 6. The minimum atomic E-state index is 0.842. The third kappa shape index (κ3) is 4.51. The zero-order chi connectivity index (χ0) is 13.5. The van der Waals surface area contributed by atoms with Crippen LogP contribution < -0.4 is 10.5 Å². The normalized spacial score (nSPS) is 17.6. The maximum Gasteiger partial charge on any atom is 0.119 e. The lowest BCUT2D eigenvalue weighted by Gasteiger charge is -2.31. The quantitative estimate of drug-likeness (QED) is 0.855. The zero-order valence-electron chi connectivity index (χ0n) is 12.0. The van der Waals surface area contributed by atoms with Crippen LogP contribution in [0.5, 0.6) is 5.75 Å². The summed E-state index contributed by atoms with van der Waals surface area (Å²) in [6.07, 6.45) is 4.94. The molecule has 0 spiro atoms. The minimum absolute atomic E-state index is 0.842. The molecule has 0 radical (unpaired) electrons. The van der Waals surface area contributed by atoms with Gasteiger partial charge in [-0.2, -0.15) is 0 Å². The van der Waals surface area contributed by atoms with Crippen molar-refractivity contribution in [3.8, 4) is 5.75 Å². The van der Waals surface area contributed by atoms with Crippen molar-refractivity contribution in [1.82, 2.24) is 4.90 Å². The van der Waals surface area contributed by atoms with Crippen molar-refractivity contribution in [2.24, 2.45) is 11.7 Å². The number of methoxy groups -OCH3 is 1. The number of ether oxygens (including phenoxy) is 1. The summed E-state index contributed by atoms with van der Waals surface area (Å²) in [4.78, 5) is 2.58. The van der Waals surface area contributed by atoms with E-state index in [9.17, 15) is 0 Å². The Labute approximate surface area is 116 Å². The van der Waals surface area contributed by atoms with Crippen LogP contribution in [0.15, 0.2) is 24.3 Å². The van der Waals surface area contributed by atoms with Crippen molar-refractivity contribution >= 4 is 0 Å². The molecule has 106 valence electrons. The molecule has 1 saturated heterocycles. The van der Waals surface area contributed by atoms with E-state index in [0.717, 1.165) is 31.2 Å². The fourth-order valence-corrected chi connectivity index (χ4v) is 2.85. The first-order valence-electron chi connectivity index (χ1n) is 7.37. The summed E-state index contributed by atoms with van der Waals surface area (Å²) in [5.74, 6) is 1.82. The number of piperidine rings is 1. The summed E-state index contributed by atoms with van der Waals surface area (Å²) in [6, 6.07) is 8.40. The highest BCUT2D eigenvalue weighted by molar-refractivity contribution is 5.28. The molecule has 0 aromatic heterocycles. The fraction of sp³-hybridized carbons (Fsp3) is 0.625. The SMILES string of the molecule is COc1cccc(CCN2CCC(CCN)CC2)c1. The molecule has 1 aromatic rings. The number of likely N-dealkylation sites (tertiary alicyclic amines) is 1. The maximum atomic E-state index is 5.63. The Morgan fingerprint density at radius 2 is 2.11 bits per heavy atom. The van der Waals surface area contributed by atoms with Crippen LogP contribution in [0.25, 0.3) is 0 Å². The first kappa shape index (κ1) is 14.4. The van der Waals surface area contributed by atoms with Crippen LogP contribution in [0.1, 0.15) is 24.8 Å². The molecule has 1 aliphatic rings. The molecule has 1 aromatic carbocycles. The molecule has 0 amide bonds. The summed E-state index contributed by atoms with van der Waals surface area (Å²) in [6.45, 7) is 4.46. The van der Waals surface area contributed by atoms with E-state index >= 15 is 0 Å². The molecule has 0 atom stereocenters.